The summed E-state index contributed by atoms with van der Waals surface area (Å²) in [5.74, 6) is -0.330. The Labute approximate surface area is 189 Å². The van der Waals surface area contributed by atoms with Gasteiger partial charge in [-0.05, 0) is 18.9 Å². The number of rotatable bonds is 25. The minimum absolute atomic E-state index is 0.330. The zero-order valence-electron chi connectivity index (χ0n) is 20.6. The molecule has 0 atom stereocenters. The van der Waals surface area contributed by atoms with E-state index >= 15 is 0 Å². The van der Waals surface area contributed by atoms with Crippen LogP contribution in [0.15, 0.2) is 12.2 Å². The van der Waals surface area contributed by atoms with E-state index in [0.717, 1.165) is 6.42 Å². The Morgan fingerprint density at radius 1 is 0.500 bits per heavy atom. The molecule has 2 N–H and O–H groups in total. The topological polar surface area (TPSA) is 43.1 Å². The van der Waals surface area contributed by atoms with E-state index < -0.39 is 0 Å². The number of amides is 1. The Bertz CT molecular complexity index is 364. The van der Waals surface area contributed by atoms with Crippen LogP contribution in [0.2, 0.25) is 0 Å². The number of primary amides is 1. The summed E-state index contributed by atoms with van der Waals surface area (Å²) in [6.45, 7) is 2.29. The average Bonchev–Trinajstić information content (AvgIpc) is 2.73. The van der Waals surface area contributed by atoms with Crippen LogP contribution in [-0.2, 0) is 4.79 Å². The molecule has 1 amide bonds. The van der Waals surface area contributed by atoms with Crippen molar-refractivity contribution >= 4 is 5.91 Å². The van der Waals surface area contributed by atoms with E-state index in [0.29, 0.717) is 0 Å². The van der Waals surface area contributed by atoms with Crippen molar-refractivity contribution in [3.8, 4) is 0 Å². The molecule has 2 nitrogen and oxygen atoms in total. The Morgan fingerprint density at radius 3 is 1.03 bits per heavy atom. The van der Waals surface area contributed by atoms with Gasteiger partial charge in [-0.1, -0.05) is 154 Å². The third-order valence-electron chi connectivity index (χ3n) is 6.26. The van der Waals surface area contributed by atoms with Gasteiger partial charge in [0.1, 0.15) is 0 Å². The number of nitrogens with two attached hydrogens (primary N) is 1. The fourth-order valence-electron chi connectivity index (χ4n) is 4.25. The summed E-state index contributed by atoms with van der Waals surface area (Å²) in [5.41, 5.74) is 5.07. The lowest BCUT2D eigenvalue weighted by Gasteiger charge is -2.04. The summed E-state index contributed by atoms with van der Waals surface area (Å²) in [6, 6.07) is 0. The van der Waals surface area contributed by atoms with Crippen LogP contribution < -0.4 is 5.73 Å². The Hall–Kier alpha value is -0.790. The minimum Gasteiger partial charge on any atom is -0.366 e. The van der Waals surface area contributed by atoms with Crippen molar-refractivity contribution in [2.75, 3.05) is 0 Å². The molecule has 0 fully saturated rings. The molecule has 0 aliphatic rings. The first-order valence-electron chi connectivity index (χ1n) is 13.7. The first kappa shape index (κ1) is 29.2. The Balaban J connectivity index is 3.03. The van der Waals surface area contributed by atoms with Crippen LogP contribution in [0.3, 0.4) is 0 Å². The van der Waals surface area contributed by atoms with Crippen molar-refractivity contribution in [1.29, 1.82) is 0 Å². The van der Waals surface area contributed by atoms with E-state index in [1.807, 2.05) is 6.08 Å². The summed E-state index contributed by atoms with van der Waals surface area (Å²) in [7, 11) is 0. The van der Waals surface area contributed by atoms with E-state index in [2.05, 4.69) is 6.92 Å². The quantitative estimate of drug-likeness (QED) is 0.116. The van der Waals surface area contributed by atoms with Gasteiger partial charge in [0.2, 0.25) is 5.91 Å². The molecule has 2 heteroatoms. The van der Waals surface area contributed by atoms with Crippen LogP contribution >= 0.6 is 0 Å². The SMILES string of the molecule is CCCCCCCCCCCCCCCCCCCCCCCCCC=CC(N)=O. The maximum Gasteiger partial charge on any atom is 0.241 e. The van der Waals surface area contributed by atoms with Crippen LogP contribution in [-0.4, -0.2) is 5.91 Å². The fraction of sp³-hybridized carbons (Fsp3) is 0.893. The van der Waals surface area contributed by atoms with Gasteiger partial charge in [0.15, 0.2) is 0 Å². The monoisotopic (exact) mass is 421 g/mol. The van der Waals surface area contributed by atoms with Crippen molar-refractivity contribution in [3.63, 3.8) is 0 Å². The van der Waals surface area contributed by atoms with E-state index in [-0.39, 0.29) is 5.91 Å². The highest BCUT2D eigenvalue weighted by atomic mass is 16.1. The molecule has 0 radical (unpaired) electrons. The van der Waals surface area contributed by atoms with Crippen molar-refractivity contribution in [3.05, 3.63) is 12.2 Å². The van der Waals surface area contributed by atoms with E-state index in [1.165, 1.54) is 154 Å². The van der Waals surface area contributed by atoms with E-state index in [9.17, 15) is 4.79 Å². The van der Waals surface area contributed by atoms with Gasteiger partial charge in [-0.3, -0.25) is 4.79 Å². The number of carbonyl (C=O) groups is 1. The molecule has 0 rings (SSSR count). The second-order valence-corrected chi connectivity index (χ2v) is 9.37. The van der Waals surface area contributed by atoms with Crippen LogP contribution in [0.25, 0.3) is 0 Å². The molecule has 0 aromatic rings. The number of hydrogen-bond acceptors (Lipinski definition) is 1. The molecule has 0 aliphatic carbocycles. The zero-order valence-corrected chi connectivity index (χ0v) is 20.6. The highest BCUT2D eigenvalue weighted by Gasteiger charge is 1.96. The number of unbranched alkanes of at least 4 members (excludes halogenated alkanes) is 23. The molecule has 0 aromatic carbocycles. The Kier molecular flexibility index (Phi) is 25.6. The molecule has 0 saturated carbocycles. The van der Waals surface area contributed by atoms with Crippen molar-refractivity contribution < 1.29 is 4.79 Å². The van der Waals surface area contributed by atoms with Gasteiger partial charge in [0.25, 0.3) is 0 Å². The minimum atomic E-state index is -0.330. The third-order valence-corrected chi connectivity index (χ3v) is 6.26. The van der Waals surface area contributed by atoms with Crippen molar-refractivity contribution in [1.82, 2.24) is 0 Å². The second kappa shape index (κ2) is 26.2. The smallest absolute Gasteiger partial charge is 0.241 e. The summed E-state index contributed by atoms with van der Waals surface area (Å²) in [5, 5.41) is 0. The largest absolute Gasteiger partial charge is 0.366 e. The molecule has 0 unspecified atom stereocenters. The second-order valence-electron chi connectivity index (χ2n) is 9.37. The number of carbonyl (C=O) groups excluding carboxylic acids is 1. The van der Waals surface area contributed by atoms with Crippen molar-refractivity contribution in [2.24, 2.45) is 5.73 Å². The molecule has 0 heterocycles. The predicted octanol–water partition coefficient (Wildman–Crippen LogP) is 9.41. The van der Waals surface area contributed by atoms with Gasteiger partial charge in [-0.2, -0.15) is 0 Å². The molecule has 0 aromatic heterocycles. The lowest BCUT2D eigenvalue weighted by molar-refractivity contribution is -0.113. The van der Waals surface area contributed by atoms with Crippen LogP contribution in [0.5, 0.6) is 0 Å². The summed E-state index contributed by atoms with van der Waals surface area (Å²) in [6.07, 6.45) is 37.1. The number of allylic oxidation sites excluding steroid dienone is 1. The molecular formula is C28H55NO. The van der Waals surface area contributed by atoms with Gasteiger partial charge < -0.3 is 5.73 Å². The van der Waals surface area contributed by atoms with Gasteiger partial charge in [0, 0.05) is 0 Å². The summed E-state index contributed by atoms with van der Waals surface area (Å²) in [4.78, 5) is 10.6. The fourth-order valence-corrected chi connectivity index (χ4v) is 4.25. The maximum absolute atomic E-state index is 10.6. The van der Waals surface area contributed by atoms with Gasteiger partial charge in [-0.15, -0.1) is 0 Å². The first-order valence-corrected chi connectivity index (χ1v) is 13.7. The van der Waals surface area contributed by atoms with Crippen LogP contribution in [0, 0.1) is 0 Å². The standard InChI is InChI=1S/C28H55NO/c1-2-3-4-5-6-7-8-9-10-11-12-13-14-15-16-17-18-19-20-21-22-23-24-25-26-27-28(29)30/h26-27H,2-25H2,1H3,(H2,29,30). The third kappa shape index (κ3) is 27.2. The first-order chi connectivity index (χ1) is 14.8. The molecule has 0 bridgehead atoms. The van der Waals surface area contributed by atoms with Gasteiger partial charge >= 0.3 is 0 Å². The summed E-state index contributed by atoms with van der Waals surface area (Å²) >= 11 is 0. The van der Waals surface area contributed by atoms with Gasteiger partial charge in [-0.25, -0.2) is 0 Å². The highest BCUT2D eigenvalue weighted by Crippen LogP contribution is 2.15. The normalized spacial score (nSPS) is 11.5. The zero-order chi connectivity index (χ0) is 22.0. The van der Waals surface area contributed by atoms with Crippen molar-refractivity contribution in [2.45, 2.75) is 161 Å². The maximum atomic E-state index is 10.6. The molecule has 178 valence electrons. The highest BCUT2D eigenvalue weighted by molar-refractivity contribution is 5.85. The molecular weight excluding hydrogens is 366 g/mol. The molecule has 0 spiro atoms. The molecule has 30 heavy (non-hydrogen) atoms. The lowest BCUT2D eigenvalue weighted by Crippen LogP contribution is -2.05. The summed E-state index contributed by atoms with van der Waals surface area (Å²) < 4.78 is 0. The molecule has 0 saturated heterocycles. The predicted molar refractivity (Wildman–Crippen MR) is 135 cm³/mol. The number of hydrogen-bond donors (Lipinski definition) is 1. The lowest BCUT2D eigenvalue weighted by atomic mass is 10.0. The van der Waals surface area contributed by atoms with E-state index in [4.69, 9.17) is 5.73 Å². The van der Waals surface area contributed by atoms with E-state index in [1.54, 1.807) is 0 Å². The molecule has 0 aliphatic heterocycles. The van der Waals surface area contributed by atoms with Gasteiger partial charge in [0.05, 0.1) is 0 Å². The van der Waals surface area contributed by atoms with Crippen LogP contribution in [0.1, 0.15) is 161 Å². The average molecular weight is 422 g/mol. The van der Waals surface area contributed by atoms with Crippen LogP contribution in [0.4, 0.5) is 0 Å². The Morgan fingerprint density at radius 2 is 0.767 bits per heavy atom.